The lowest BCUT2D eigenvalue weighted by molar-refractivity contribution is -0.0523. The van der Waals surface area contributed by atoms with Crippen molar-refractivity contribution in [3.05, 3.63) is 21.1 Å². The Balaban J connectivity index is 3.45. The maximum atomic E-state index is 12.1. The molecule has 90 valence electrons. The SMILES string of the molecule is NS(=O)(=O)c1ccc(Br)c(Br)c1OC(F)F. The number of halogens is 4. The first-order valence-corrected chi connectivity index (χ1v) is 6.82. The fourth-order valence-corrected chi connectivity index (χ4v) is 2.49. The Bertz CT molecular complexity index is 507. The third-order valence-electron chi connectivity index (χ3n) is 1.53. The smallest absolute Gasteiger partial charge is 0.387 e. The highest BCUT2D eigenvalue weighted by atomic mass is 79.9. The first-order chi connectivity index (χ1) is 7.23. The highest BCUT2D eigenvalue weighted by Crippen LogP contribution is 2.38. The van der Waals surface area contributed by atoms with Crippen LogP contribution in [0.4, 0.5) is 8.78 Å². The Morgan fingerprint density at radius 1 is 1.31 bits per heavy atom. The van der Waals surface area contributed by atoms with Crippen molar-refractivity contribution in [1.82, 2.24) is 0 Å². The van der Waals surface area contributed by atoms with Gasteiger partial charge in [-0.05, 0) is 44.0 Å². The Morgan fingerprint density at radius 3 is 2.31 bits per heavy atom. The van der Waals surface area contributed by atoms with Gasteiger partial charge >= 0.3 is 6.61 Å². The van der Waals surface area contributed by atoms with Crippen molar-refractivity contribution in [2.75, 3.05) is 0 Å². The highest BCUT2D eigenvalue weighted by Gasteiger charge is 2.22. The van der Waals surface area contributed by atoms with E-state index in [0.29, 0.717) is 4.47 Å². The average molecular weight is 381 g/mol. The summed E-state index contributed by atoms with van der Waals surface area (Å²) >= 11 is 5.96. The molecule has 0 atom stereocenters. The highest BCUT2D eigenvalue weighted by molar-refractivity contribution is 9.13. The normalized spacial score (nSPS) is 11.9. The van der Waals surface area contributed by atoms with E-state index in [1.807, 2.05) is 0 Å². The number of primary sulfonamides is 1. The van der Waals surface area contributed by atoms with Gasteiger partial charge < -0.3 is 4.74 Å². The van der Waals surface area contributed by atoms with E-state index in [2.05, 4.69) is 36.6 Å². The van der Waals surface area contributed by atoms with Crippen molar-refractivity contribution in [2.45, 2.75) is 11.5 Å². The van der Waals surface area contributed by atoms with Gasteiger partial charge in [0.05, 0.1) is 4.47 Å². The molecule has 1 aromatic carbocycles. The zero-order valence-corrected chi connectivity index (χ0v) is 11.4. The zero-order chi connectivity index (χ0) is 12.5. The number of hydrogen-bond acceptors (Lipinski definition) is 3. The van der Waals surface area contributed by atoms with Crippen molar-refractivity contribution in [1.29, 1.82) is 0 Å². The molecule has 16 heavy (non-hydrogen) atoms. The lowest BCUT2D eigenvalue weighted by Crippen LogP contribution is -2.15. The molecule has 0 fully saturated rings. The molecule has 0 amide bonds. The second kappa shape index (κ2) is 4.94. The maximum Gasteiger partial charge on any atom is 0.387 e. The zero-order valence-electron chi connectivity index (χ0n) is 7.45. The van der Waals surface area contributed by atoms with Crippen LogP contribution in [0.1, 0.15) is 0 Å². The average Bonchev–Trinajstić information content (AvgIpc) is 2.10. The minimum atomic E-state index is -4.13. The van der Waals surface area contributed by atoms with Crippen molar-refractivity contribution >= 4 is 41.9 Å². The molecule has 1 aromatic rings. The summed E-state index contributed by atoms with van der Waals surface area (Å²) in [6.45, 7) is -3.15. The van der Waals surface area contributed by atoms with Gasteiger partial charge in [0.1, 0.15) is 4.90 Å². The van der Waals surface area contributed by atoms with Gasteiger partial charge in [0.2, 0.25) is 10.0 Å². The van der Waals surface area contributed by atoms with Gasteiger partial charge in [0.15, 0.2) is 5.75 Å². The number of sulfonamides is 1. The Kier molecular flexibility index (Phi) is 4.27. The van der Waals surface area contributed by atoms with Crippen LogP contribution < -0.4 is 9.88 Å². The molecule has 0 aromatic heterocycles. The molecule has 0 aliphatic heterocycles. The lowest BCUT2D eigenvalue weighted by Gasteiger charge is -2.11. The van der Waals surface area contributed by atoms with E-state index in [0.717, 1.165) is 6.07 Å². The van der Waals surface area contributed by atoms with Crippen molar-refractivity contribution in [2.24, 2.45) is 5.14 Å². The largest absolute Gasteiger partial charge is 0.432 e. The summed E-state index contributed by atoms with van der Waals surface area (Å²) in [5.41, 5.74) is 0. The number of hydrogen-bond donors (Lipinski definition) is 1. The molecule has 9 heteroatoms. The predicted molar refractivity (Wildman–Crippen MR) is 59.8 cm³/mol. The lowest BCUT2D eigenvalue weighted by atomic mass is 10.3. The molecule has 0 aliphatic carbocycles. The second-order valence-electron chi connectivity index (χ2n) is 2.61. The number of nitrogens with two attached hydrogens (primary N) is 1. The van der Waals surface area contributed by atoms with E-state index in [1.54, 1.807) is 0 Å². The molecule has 0 saturated carbocycles. The molecule has 0 saturated heterocycles. The van der Waals surface area contributed by atoms with Crippen LogP contribution in [0.2, 0.25) is 0 Å². The molecular formula is C7H5Br2F2NO3S. The van der Waals surface area contributed by atoms with Gasteiger partial charge in [-0.3, -0.25) is 0 Å². The molecule has 0 spiro atoms. The van der Waals surface area contributed by atoms with Crippen molar-refractivity contribution < 1.29 is 21.9 Å². The Morgan fingerprint density at radius 2 is 1.88 bits per heavy atom. The van der Waals surface area contributed by atoms with Crippen LogP contribution in [0.25, 0.3) is 0 Å². The van der Waals surface area contributed by atoms with E-state index >= 15 is 0 Å². The first-order valence-electron chi connectivity index (χ1n) is 3.69. The minimum absolute atomic E-state index is 0.0549. The van der Waals surface area contributed by atoms with Crippen LogP contribution in [-0.2, 0) is 10.0 Å². The molecular weight excluding hydrogens is 376 g/mol. The molecule has 1 rings (SSSR count). The molecule has 2 N–H and O–H groups in total. The number of benzene rings is 1. The molecule has 0 radical (unpaired) electrons. The fourth-order valence-electron chi connectivity index (χ4n) is 0.937. The maximum absolute atomic E-state index is 12.1. The summed E-state index contributed by atoms with van der Waals surface area (Å²) in [5.74, 6) is -0.521. The molecule has 0 bridgehead atoms. The van der Waals surface area contributed by atoms with E-state index in [-0.39, 0.29) is 4.47 Å². The second-order valence-corrected chi connectivity index (χ2v) is 5.79. The Hall–Kier alpha value is -0.250. The Labute approximate surface area is 107 Å². The summed E-state index contributed by atoms with van der Waals surface area (Å²) in [6.07, 6.45) is 0. The third kappa shape index (κ3) is 3.12. The summed E-state index contributed by atoms with van der Waals surface area (Å²) in [4.78, 5) is -0.511. The van der Waals surface area contributed by atoms with Crippen LogP contribution >= 0.6 is 31.9 Å². The van der Waals surface area contributed by atoms with Gasteiger partial charge in [-0.2, -0.15) is 8.78 Å². The summed E-state index contributed by atoms with van der Waals surface area (Å²) in [7, 11) is -4.13. The van der Waals surface area contributed by atoms with Crippen molar-refractivity contribution in [3.63, 3.8) is 0 Å². The quantitative estimate of drug-likeness (QED) is 0.875. The number of ether oxygens (including phenoxy) is 1. The third-order valence-corrected chi connectivity index (χ3v) is 4.44. The number of rotatable bonds is 3. The summed E-state index contributed by atoms with van der Waals surface area (Å²) in [5, 5.41) is 4.86. The molecule has 0 heterocycles. The molecule has 0 unspecified atom stereocenters. The molecule has 0 aliphatic rings. The fraction of sp³-hybridized carbons (Fsp3) is 0.143. The number of alkyl halides is 2. The predicted octanol–water partition coefficient (Wildman–Crippen LogP) is 2.46. The van der Waals surface area contributed by atoms with Gasteiger partial charge in [0.25, 0.3) is 0 Å². The van der Waals surface area contributed by atoms with Crippen LogP contribution in [-0.4, -0.2) is 15.0 Å². The van der Waals surface area contributed by atoms with Gasteiger partial charge in [0, 0.05) is 4.47 Å². The first kappa shape index (κ1) is 13.8. The van der Waals surface area contributed by atoms with E-state index in [4.69, 9.17) is 5.14 Å². The van der Waals surface area contributed by atoms with E-state index < -0.39 is 27.3 Å². The topological polar surface area (TPSA) is 69.4 Å². The van der Waals surface area contributed by atoms with Gasteiger partial charge in [-0.25, -0.2) is 13.6 Å². The van der Waals surface area contributed by atoms with Crippen LogP contribution in [0.15, 0.2) is 26.0 Å². The van der Waals surface area contributed by atoms with Gasteiger partial charge in [-0.1, -0.05) is 0 Å². The van der Waals surface area contributed by atoms with Crippen molar-refractivity contribution in [3.8, 4) is 5.75 Å². The van der Waals surface area contributed by atoms with Crippen LogP contribution in [0.3, 0.4) is 0 Å². The summed E-state index contributed by atoms with van der Waals surface area (Å²) in [6, 6.07) is 2.42. The van der Waals surface area contributed by atoms with E-state index in [9.17, 15) is 17.2 Å². The van der Waals surface area contributed by atoms with Crippen LogP contribution in [0.5, 0.6) is 5.75 Å². The molecule has 4 nitrogen and oxygen atoms in total. The van der Waals surface area contributed by atoms with Gasteiger partial charge in [-0.15, -0.1) is 0 Å². The monoisotopic (exact) mass is 379 g/mol. The van der Waals surface area contributed by atoms with Crippen LogP contribution in [0, 0.1) is 0 Å². The summed E-state index contributed by atoms with van der Waals surface area (Å²) < 4.78 is 51.0. The van der Waals surface area contributed by atoms with E-state index in [1.165, 1.54) is 6.07 Å². The standard InChI is InChI=1S/C7H5Br2F2NO3S/c8-3-1-2-4(16(12,13)14)6(5(3)9)15-7(10)11/h1-2,7H,(H2,12,13,14). The minimum Gasteiger partial charge on any atom is -0.432 e.